The van der Waals surface area contributed by atoms with Gasteiger partial charge in [-0.15, -0.1) is 0 Å². The topological polar surface area (TPSA) is 9.86 Å². The van der Waals surface area contributed by atoms with Gasteiger partial charge in [0.2, 0.25) is 0 Å². The Balaban J connectivity index is 1.74. The quantitative estimate of drug-likeness (QED) is 0.223. The Kier molecular flexibility index (Phi) is 7.07. The molecule has 2 aromatic carbocycles. The second kappa shape index (κ2) is 9.91. The summed E-state index contributed by atoms with van der Waals surface area (Å²) in [4.78, 5) is 0. The van der Waals surface area contributed by atoms with Gasteiger partial charge >= 0.3 is 12.4 Å². The molecule has 0 N–H and O–H groups in total. The van der Waals surface area contributed by atoms with Crippen molar-refractivity contribution >= 4 is 0 Å². The minimum absolute atomic E-state index is 0.633. The van der Waals surface area contributed by atoms with E-state index in [1.807, 2.05) is 47.5 Å². The van der Waals surface area contributed by atoms with Gasteiger partial charge in [-0.3, -0.25) is 0 Å². The molecule has 2 heterocycles. The van der Waals surface area contributed by atoms with Crippen LogP contribution >= 0.6 is 0 Å². The van der Waals surface area contributed by atoms with Crippen LogP contribution in [0.15, 0.2) is 73.1 Å². The number of aryl methyl sites for hydroxylation is 2. The van der Waals surface area contributed by atoms with Gasteiger partial charge in [-0.1, -0.05) is 26.7 Å². The number of alkyl halides is 6. The predicted molar refractivity (Wildman–Crippen MR) is 129 cm³/mol. The van der Waals surface area contributed by atoms with Crippen LogP contribution < -0.4 is 0 Å². The highest BCUT2D eigenvalue weighted by Gasteiger charge is 2.31. The van der Waals surface area contributed by atoms with E-state index in [9.17, 15) is 26.3 Å². The molecular formula is C28H26F6N2. The monoisotopic (exact) mass is 504 g/mol. The number of benzene rings is 2. The molecule has 0 bridgehead atoms. The van der Waals surface area contributed by atoms with Gasteiger partial charge in [-0.2, -0.15) is 26.3 Å². The third-order valence-electron chi connectivity index (χ3n) is 6.09. The first-order valence-corrected chi connectivity index (χ1v) is 11.8. The van der Waals surface area contributed by atoms with Crippen LogP contribution in [0.1, 0.15) is 49.2 Å². The van der Waals surface area contributed by atoms with Gasteiger partial charge in [-0.05, 0) is 73.5 Å². The van der Waals surface area contributed by atoms with Crippen molar-refractivity contribution in [2.45, 2.75) is 51.9 Å². The molecular weight excluding hydrogens is 478 g/mol. The fraction of sp³-hybridized carbons (Fsp3) is 0.286. The van der Waals surface area contributed by atoms with Crippen molar-refractivity contribution in [3.8, 4) is 22.5 Å². The largest absolute Gasteiger partial charge is 0.416 e. The number of hydrogen-bond acceptors (Lipinski definition) is 0. The summed E-state index contributed by atoms with van der Waals surface area (Å²) in [6.07, 6.45) is -1.81. The second-order valence-electron chi connectivity index (χ2n) is 8.77. The molecule has 0 aliphatic rings. The standard InChI is InChI=1S/C28H26F6N2/c1-3-5-25-15-19(17-35(25)23-11-7-21(8-12-23)27(29,30)31)20-16-26(6-4-2)36(18-20)24-13-9-22(10-14-24)28(32,33)34/h7-18H,3-6H2,1-2H3. The fourth-order valence-electron chi connectivity index (χ4n) is 4.33. The molecule has 0 saturated heterocycles. The molecule has 0 spiro atoms. The Labute approximate surface area is 205 Å². The maximum absolute atomic E-state index is 13.0. The Morgan fingerprint density at radius 3 is 1.17 bits per heavy atom. The van der Waals surface area contributed by atoms with Gasteiger partial charge in [0.1, 0.15) is 0 Å². The highest BCUT2D eigenvalue weighted by Crippen LogP contribution is 2.33. The molecule has 36 heavy (non-hydrogen) atoms. The summed E-state index contributed by atoms with van der Waals surface area (Å²) in [5.41, 5.74) is 3.57. The molecule has 190 valence electrons. The van der Waals surface area contributed by atoms with E-state index in [-0.39, 0.29) is 0 Å². The molecule has 8 heteroatoms. The lowest BCUT2D eigenvalue weighted by molar-refractivity contribution is -0.138. The molecule has 0 aliphatic carbocycles. The zero-order valence-corrected chi connectivity index (χ0v) is 19.9. The maximum atomic E-state index is 13.0. The van der Waals surface area contributed by atoms with Gasteiger partial charge in [0.15, 0.2) is 0 Å². The average Bonchev–Trinajstić information content (AvgIpc) is 3.43. The van der Waals surface area contributed by atoms with Gasteiger partial charge in [0.05, 0.1) is 11.1 Å². The van der Waals surface area contributed by atoms with Crippen molar-refractivity contribution in [2.75, 3.05) is 0 Å². The van der Waals surface area contributed by atoms with Gasteiger partial charge < -0.3 is 9.13 Å². The lowest BCUT2D eigenvalue weighted by atomic mass is 10.1. The molecule has 4 aromatic rings. The van der Waals surface area contributed by atoms with E-state index in [1.165, 1.54) is 24.3 Å². The van der Waals surface area contributed by atoms with Crippen LogP contribution in [0, 0.1) is 0 Å². The molecule has 2 aromatic heterocycles. The van der Waals surface area contributed by atoms with Crippen LogP contribution in [0.25, 0.3) is 22.5 Å². The second-order valence-corrected chi connectivity index (χ2v) is 8.77. The molecule has 2 nitrogen and oxygen atoms in total. The summed E-state index contributed by atoms with van der Waals surface area (Å²) in [5, 5.41) is 0. The van der Waals surface area contributed by atoms with Crippen LogP contribution in [-0.2, 0) is 25.2 Å². The third-order valence-corrected chi connectivity index (χ3v) is 6.09. The van der Waals surface area contributed by atoms with E-state index in [0.717, 1.165) is 72.5 Å². The lowest BCUT2D eigenvalue weighted by Crippen LogP contribution is -2.05. The normalized spacial score (nSPS) is 12.3. The maximum Gasteiger partial charge on any atom is 0.416 e. The van der Waals surface area contributed by atoms with Crippen molar-refractivity contribution < 1.29 is 26.3 Å². The van der Waals surface area contributed by atoms with Crippen LogP contribution in [0.4, 0.5) is 26.3 Å². The van der Waals surface area contributed by atoms with Crippen molar-refractivity contribution in [2.24, 2.45) is 0 Å². The molecule has 0 amide bonds. The van der Waals surface area contributed by atoms with Crippen molar-refractivity contribution in [3.05, 3.63) is 95.6 Å². The zero-order valence-electron chi connectivity index (χ0n) is 19.9. The average molecular weight is 505 g/mol. The van der Waals surface area contributed by atoms with Crippen molar-refractivity contribution in [1.82, 2.24) is 9.13 Å². The number of hydrogen-bond donors (Lipinski definition) is 0. The summed E-state index contributed by atoms with van der Waals surface area (Å²) in [7, 11) is 0. The number of aromatic nitrogens is 2. The lowest BCUT2D eigenvalue weighted by Gasteiger charge is -2.11. The summed E-state index contributed by atoms with van der Waals surface area (Å²) in [5.74, 6) is 0. The van der Waals surface area contributed by atoms with E-state index >= 15 is 0 Å². The molecule has 0 radical (unpaired) electrons. The molecule has 0 saturated carbocycles. The number of halogens is 6. The predicted octanol–water partition coefficient (Wildman–Crippen LogP) is 8.88. The SMILES string of the molecule is CCCc1cc(-c2cc(CCC)n(-c3ccc(C(F)(F)F)cc3)c2)cn1-c1ccc(C(F)(F)F)cc1. The van der Waals surface area contributed by atoms with Crippen LogP contribution in [-0.4, -0.2) is 9.13 Å². The Hall–Kier alpha value is -3.42. The van der Waals surface area contributed by atoms with Crippen molar-refractivity contribution in [1.29, 1.82) is 0 Å². The summed E-state index contributed by atoms with van der Waals surface area (Å²) in [6.45, 7) is 4.06. The molecule has 4 rings (SSSR count). The van der Waals surface area contributed by atoms with Gasteiger partial charge in [0, 0.05) is 46.3 Å². The van der Waals surface area contributed by atoms with E-state index in [4.69, 9.17) is 0 Å². The minimum Gasteiger partial charge on any atom is -0.320 e. The smallest absolute Gasteiger partial charge is 0.320 e. The summed E-state index contributed by atoms with van der Waals surface area (Å²) < 4.78 is 81.8. The number of nitrogens with zero attached hydrogens (tertiary/aromatic N) is 2. The molecule has 0 atom stereocenters. The third kappa shape index (κ3) is 5.37. The Morgan fingerprint density at radius 2 is 0.889 bits per heavy atom. The van der Waals surface area contributed by atoms with Crippen LogP contribution in [0.2, 0.25) is 0 Å². The summed E-state index contributed by atoms with van der Waals surface area (Å²) in [6, 6.07) is 14.2. The number of rotatable bonds is 7. The van der Waals surface area contributed by atoms with Crippen LogP contribution in [0.5, 0.6) is 0 Å². The van der Waals surface area contributed by atoms with E-state index in [0.29, 0.717) is 11.4 Å². The van der Waals surface area contributed by atoms with E-state index in [1.54, 1.807) is 0 Å². The van der Waals surface area contributed by atoms with Gasteiger partial charge in [-0.25, -0.2) is 0 Å². The van der Waals surface area contributed by atoms with E-state index < -0.39 is 23.5 Å². The Bertz CT molecular complexity index is 1200. The summed E-state index contributed by atoms with van der Waals surface area (Å²) >= 11 is 0. The first-order chi connectivity index (χ1) is 17.0. The molecule has 0 fully saturated rings. The van der Waals surface area contributed by atoms with Crippen LogP contribution in [0.3, 0.4) is 0 Å². The fourth-order valence-corrected chi connectivity index (χ4v) is 4.33. The Morgan fingerprint density at radius 1 is 0.556 bits per heavy atom. The molecule has 0 unspecified atom stereocenters. The first kappa shape index (κ1) is 25.7. The highest BCUT2D eigenvalue weighted by atomic mass is 19.4. The minimum atomic E-state index is -4.40. The van der Waals surface area contributed by atoms with E-state index in [2.05, 4.69) is 0 Å². The highest BCUT2D eigenvalue weighted by molar-refractivity contribution is 5.66. The van der Waals surface area contributed by atoms with Gasteiger partial charge in [0.25, 0.3) is 0 Å². The molecule has 0 aliphatic heterocycles. The zero-order chi connectivity index (χ0) is 26.1. The first-order valence-electron chi connectivity index (χ1n) is 11.8. The van der Waals surface area contributed by atoms with Crippen molar-refractivity contribution in [3.63, 3.8) is 0 Å².